The highest BCUT2D eigenvalue weighted by molar-refractivity contribution is 7.13. The minimum atomic E-state index is 0.730. The molecule has 0 radical (unpaired) electrons. The maximum atomic E-state index is 4.58. The summed E-state index contributed by atoms with van der Waals surface area (Å²) >= 11 is 1.77. The summed E-state index contributed by atoms with van der Waals surface area (Å²) in [7, 11) is 0. The van der Waals surface area contributed by atoms with Gasteiger partial charge < -0.3 is 10.6 Å². The zero-order chi connectivity index (χ0) is 26.5. The molecular formula is C31H33N5S. The lowest BCUT2D eigenvalue weighted by Gasteiger charge is -2.14. The highest BCUT2D eigenvalue weighted by Crippen LogP contribution is 2.32. The average molecular weight is 508 g/mol. The molecule has 4 aromatic rings. The van der Waals surface area contributed by atoms with Crippen molar-refractivity contribution in [1.82, 2.24) is 20.5 Å². The molecule has 0 spiro atoms. The van der Waals surface area contributed by atoms with E-state index in [0.717, 1.165) is 68.1 Å². The molecule has 188 valence electrons. The van der Waals surface area contributed by atoms with Gasteiger partial charge in [0.05, 0.1) is 23.1 Å². The lowest BCUT2D eigenvalue weighted by Crippen LogP contribution is -2.11. The molecule has 0 bridgehead atoms. The first-order chi connectivity index (χ1) is 17.8. The number of hydrogen-bond acceptors (Lipinski definition) is 5. The largest absolute Gasteiger partial charge is 0.358 e. The maximum Gasteiger partial charge on any atom is 0.116 e. The number of nitrogens with zero attached hydrogens (tertiary/aromatic N) is 2. The quantitative estimate of drug-likeness (QED) is 0.188. The van der Waals surface area contributed by atoms with Crippen LogP contribution >= 0.6 is 11.3 Å². The lowest BCUT2D eigenvalue weighted by molar-refractivity contribution is 1.02. The summed E-state index contributed by atoms with van der Waals surface area (Å²) in [4.78, 5) is 6.90. The molecule has 0 aliphatic carbocycles. The SMILES string of the molecule is C=C/C=C(\C(C)=C(/C)NC(=C)c1n[nH]c2ccc(-c3cncc(NC(=C)CC)c3)cc12)c1ccc(C)s1. The summed E-state index contributed by atoms with van der Waals surface area (Å²) in [6.45, 7) is 20.6. The lowest BCUT2D eigenvalue weighted by atomic mass is 10.0. The second-order valence-electron chi connectivity index (χ2n) is 8.96. The molecule has 0 amide bonds. The van der Waals surface area contributed by atoms with Crippen LogP contribution in [0, 0.1) is 6.92 Å². The van der Waals surface area contributed by atoms with Crippen LogP contribution in [0.4, 0.5) is 5.69 Å². The number of aromatic nitrogens is 3. The van der Waals surface area contributed by atoms with Gasteiger partial charge in [-0.05, 0) is 74.2 Å². The standard InChI is InChI=1S/C31H33N5S/c1-8-10-27(30-14-11-20(4)37-30)21(5)22(6)34-23(7)31-28-16-24(12-13-29(28)35-36-31)25-15-26(18-32-17-25)33-19(3)9-2/h8,10-18,33-34H,1,3,7,9H2,2,4-6H3,(H,35,36)/b22-21+,27-10+. The van der Waals surface area contributed by atoms with Gasteiger partial charge in [-0.15, -0.1) is 11.3 Å². The number of allylic oxidation sites excluding steroid dienone is 6. The Hall–Kier alpha value is -4.16. The monoisotopic (exact) mass is 507 g/mol. The first kappa shape index (κ1) is 25.9. The van der Waals surface area contributed by atoms with Crippen molar-refractivity contribution >= 4 is 39.2 Å². The van der Waals surface area contributed by atoms with Crippen molar-refractivity contribution in [2.45, 2.75) is 34.1 Å². The van der Waals surface area contributed by atoms with Crippen molar-refractivity contribution in [1.29, 1.82) is 0 Å². The van der Waals surface area contributed by atoms with Crippen molar-refractivity contribution in [2.24, 2.45) is 0 Å². The minimum absolute atomic E-state index is 0.730. The molecule has 6 heteroatoms. The summed E-state index contributed by atoms with van der Waals surface area (Å²) < 4.78 is 0. The van der Waals surface area contributed by atoms with Gasteiger partial charge in [0.1, 0.15) is 5.69 Å². The molecule has 5 nitrogen and oxygen atoms in total. The van der Waals surface area contributed by atoms with Gasteiger partial charge in [0.15, 0.2) is 0 Å². The Balaban J connectivity index is 1.63. The Kier molecular flexibility index (Phi) is 7.89. The van der Waals surface area contributed by atoms with Crippen LogP contribution in [-0.2, 0) is 0 Å². The van der Waals surface area contributed by atoms with Gasteiger partial charge in [0, 0.05) is 38.3 Å². The zero-order valence-electron chi connectivity index (χ0n) is 21.9. The smallest absolute Gasteiger partial charge is 0.116 e. The van der Waals surface area contributed by atoms with Gasteiger partial charge in [0.2, 0.25) is 0 Å². The third kappa shape index (κ3) is 5.81. The predicted molar refractivity (Wildman–Crippen MR) is 160 cm³/mol. The fourth-order valence-electron chi connectivity index (χ4n) is 4.05. The zero-order valence-corrected chi connectivity index (χ0v) is 22.7. The van der Waals surface area contributed by atoms with Gasteiger partial charge in [-0.25, -0.2) is 0 Å². The van der Waals surface area contributed by atoms with Crippen molar-refractivity contribution in [3.8, 4) is 11.1 Å². The molecule has 0 atom stereocenters. The van der Waals surface area contributed by atoms with E-state index in [-0.39, 0.29) is 0 Å². The van der Waals surface area contributed by atoms with Crippen LogP contribution in [-0.4, -0.2) is 15.2 Å². The van der Waals surface area contributed by atoms with Crippen LogP contribution in [0.15, 0.2) is 97.6 Å². The Morgan fingerprint density at radius 3 is 2.59 bits per heavy atom. The molecule has 3 aromatic heterocycles. The highest BCUT2D eigenvalue weighted by atomic mass is 32.1. The first-order valence-corrected chi connectivity index (χ1v) is 13.0. The number of anilines is 1. The third-order valence-corrected chi connectivity index (χ3v) is 7.30. The minimum Gasteiger partial charge on any atom is -0.358 e. The van der Waals surface area contributed by atoms with E-state index in [1.165, 1.54) is 9.75 Å². The first-order valence-electron chi connectivity index (χ1n) is 12.2. The van der Waals surface area contributed by atoms with E-state index in [1.807, 2.05) is 24.5 Å². The number of fused-ring (bicyclic) bond motifs is 1. The van der Waals surface area contributed by atoms with Crippen molar-refractivity contribution < 1.29 is 0 Å². The van der Waals surface area contributed by atoms with Gasteiger partial charge in [-0.1, -0.05) is 44.9 Å². The number of aryl methyl sites for hydroxylation is 1. The Morgan fingerprint density at radius 1 is 1.08 bits per heavy atom. The fourth-order valence-corrected chi connectivity index (χ4v) is 5.00. The number of thiophene rings is 1. The molecule has 0 aliphatic heterocycles. The molecular weight excluding hydrogens is 474 g/mol. The Bertz CT molecular complexity index is 1550. The summed E-state index contributed by atoms with van der Waals surface area (Å²) in [5.41, 5.74) is 9.68. The summed E-state index contributed by atoms with van der Waals surface area (Å²) in [5, 5.41) is 15.5. The normalized spacial score (nSPS) is 12.3. The molecule has 0 fully saturated rings. The van der Waals surface area contributed by atoms with Gasteiger partial charge >= 0.3 is 0 Å². The van der Waals surface area contributed by atoms with Gasteiger partial charge in [-0.2, -0.15) is 5.10 Å². The molecule has 0 unspecified atom stereocenters. The van der Waals surface area contributed by atoms with Crippen LogP contribution in [0.3, 0.4) is 0 Å². The summed E-state index contributed by atoms with van der Waals surface area (Å²) in [5.74, 6) is 0. The van der Waals surface area contributed by atoms with Crippen molar-refractivity contribution in [3.05, 3.63) is 113 Å². The number of nitrogens with one attached hydrogen (secondary N) is 3. The van der Waals surface area contributed by atoms with E-state index in [9.17, 15) is 0 Å². The van der Waals surface area contributed by atoms with Crippen LogP contribution < -0.4 is 10.6 Å². The van der Waals surface area contributed by atoms with Gasteiger partial charge in [-0.3, -0.25) is 10.1 Å². The van der Waals surface area contributed by atoms with Crippen LogP contribution in [0.25, 0.3) is 33.3 Å². The van der Waals surface area contributed by atoms with E-state index >= 15 is 0 Å². The van der Waals surface area contributed by atoms with Gasteiger partial charge in [0.25, 0.3) is 0 Å². The molecule has 37 heavy (non-hydrogen) atoms. The number of pyridine rings is 1. The maximum absolute atomic E-state index is 4.58. The number of benzene rings is 1. The van der Waals surface area contributed by atoms with Crippen LogP contribution in [0.5, 0.6) is 0 Å². The summed E-state index contributed by atoms with van der Waals surface area (Å²) in [6, 6.07) is 12.6. The number of hydrogen-bond donors (Lipinski definition) is 3. The second-order valence-corrected chi connectivity index (χ2v) is 10.2. The average Bonchev–Trinajstić information content (AvgIpc) is 3.52. The summed E-state index contributed by atoms with van der Waals surface area (Å²) in [6.07, 6.45) is 8.41. The van der Waals surface area contributed by atoms with E-state index in [4.69, 9.17) is 0 Å². The molecule has 0 saturated carbocycles. The highest BCUT2D eigenvalue weighted by Gasteiger charge is 2.14. The van der Waals surface area contributed by atoms with Crippen molar-refractivity contribution in [2.75, 3.05) is 5.32 Å². The Morgan fingerprint density at radius 2 is 1.89 bits per heavy atom. The number of aromatic amines is 1. The van der Waals surface area contributed by atoms with Crippen molar-refractivity contribution in [3.63, 3.8) is 0 Å². The molecule has 1 aromatic carbocycles. The van der Waals surface area contributed by atoms with Crippen LogP contribution in [0.1, 0.15) is 42.6 Å². The second kappa shape index (κ2) is 11.3. The molecule has 0 aliphatic rings. The molecule has 3 N–H and O–H groups in total. The fraction of sp³-hybridized carbons (Fsp3) is 0.161. The molecule has 3 heterocycles. The Labute approximate surface area is 223 Å². The molecule has 4 rings (SSSR count). The third-order valence-electron chi connectivity index (χ3n) is 6.26. The van der Waals surface area contributed by atoms with E-state index in [2.05, 4.69) is 110 Å². The topological polar surface area (TPSA) is 65.6 Å². The molecule has 0 saturated heterocycles. The predicted octanol–water partition coefficient (Wildman–Crippen LogP) is 8.45. The number of H-pyrrole nitrogens is 1. The van der Waals surface area contributed by atoms with E-state index in [0.29, 0.717) is 0 Å². The van der Waals surface area contributed by atoms with E-state index < -0.39 is 0 Å². The van der Waals surface area contributed by atoms with Crippen LogP contribution in [0.2, 0.25) is 0 Å². The van der Waals surface area contributed by atoms with E-state index in [1.54, 1.807) is 11.3 Å². The number of rotatable bonds is 10.